The number of carbonyl (C=O) groups is 2. The van der Waals surface area contributed by atoms with E-state index in [1.54, 1.807) is 0 Å². The first-order valence-corrected chi connectivity index (χ1v) is 44.5. The minimum atomic E-state index is -4.40. The third-order valence-corrected chi connectivity index (χ3v) is 20.1. The lowest BCUT2D eigenvalue weighted by Crippen LogP contribution is -2.37. The molecule has 0 saturated carbocycles. The molecule has 0 aromatic rings. The second kappa shape index (κ2) is 80.0. The first-order chi connectivity index (χ1) is 49.0. The summed E-state index contributed by atoms with van der Waals surface area (Å²) < 4.78 is 34.9. The SMILES string of the molecule is CC/C=C\C/C=C\C/C=C\C/C=C\C/C=C\CCCCCCCCCCCCCCCCCCCCCCCC(=O)OC(COC(=O)CCCCCCCCCCCCCCCCCCCCCCCCCC/C=C\C/C=C\C/C=C\CCCCCCC)COP(=O)(O)OCC[N+](C)(C)C. The van der Waals surface area contributed by atoms with Gasteiger partial charge in [-0.3, -0.25) is 18.6 Å². The second-order valence-corrected chi connectivity index (χ2v) is 31.6. The molecule has 2 atom stereocenters. The third-order valence-electron chi connectivity index (χ3n) is 19.1. The van der Waals surface area contributed by atoms with Gasteiger partial charge < -0.3 is 18.9 Å². The van der Waals surface area contributed by atoms with Crippen LogP contribution in [0.15, 0.2) is 97.2 Å². The molecule has 0 aromatic carbocycles. The van der Waals surface area contributed by atoms with Crippen LogP contribution in [0.1, 0.15) is 412 Å². The van der Waals surface area contributed by atoms with Crippen LogP contribution in [0.3, 0.4) is 0 Å². The number of quaternary nitrogens is 1. The molecule has 0 saturated heterocycles. The molecule has 0 bridgehead atoms. The number of rotatable bonds is 80. The Labute approximate surface area is 621 Å². The lowest BCUT2D eigenvalue weighted by molar-refractivity contribution is -0.870. The number of carbonyl (C=O) groups excluding carboxylic acids is 2. The Hall–Kier alpha value is -3.07. The van der Waals surface area contributed by atoms with Gasteiger partial charge in [0.25, 0.3) is 0 Å². The Bertz CT molecular complexity index is 2010. The Balaban J connectivity index is 3.89. The minimum absolute atomic E-state index is 0.0325. The van der Waals surface area contributed by atoms with Crippen LogP contribution in [0.25, 0.3) is 0 Å². The summed E-state index contributed by atoms with van der Waals surface area (Å²) in [5.41, 5.74) is 0. The molecule has 0 aliphatic heterocycles. The van der Waals surface area contributed by atoms with Gasteiger partial charge in [-0.1, -0.05) is 400 Å². The fraction of sp³-hybridized carbons (Fsp3) is 0.800. The molecule has 0 aliphatic rings. The predicted octanol–water partition coefficient (Wildman–Crippen LogP) is 29.0. The van der Waals surface area contributed by atoms with Crippen molar-refractivity contribution in [3.63, 3.8) is 0 Å². The van der Waals surface area contributed by atoms with Crippen molar-refractivity contribution in [3.05, 3.63) is 97.2 Å². The maximum absolute atomic E-state index is 12.9. The van der Waals surface area contributed by atoms with E-state index >= 15 is 0 Å². The zero-order valence-electron chi connectivity index (χ0n) is 66.7. The van der Waals surface area contributed by atoms with Crippen molar-refractivity contribution >= 4 is 19.8 Å². The van der Waals surface area contributed by atoms with Crippen LogP contribution in [0.4, 0.5) is 0 Å². The molecular weight excluding hydrogens is 1250 g/mol. The highest BCUT2D eigenvalue weighted by Crippen LogP contribution is 2.43. The number of esters is 2. The molecule has 582 valence electrons. The van der Waals surface area contributed by atoms with Crippen LogP contribution in [0, 0.1) is 0 Å². The maximum Gasteiger partial charge on any atom is 0.472 e. The zero-order valence-corrected chi connectivity index (χ0v) is 67.6. The van der Waals surface area contributed by atoms with Crippen LogP contribution in [-0.2, 0) is 32.7 Å². The average Bonchev–Trinajstić information content (AvgIpc) is 1.02. The van der Waals surface area contributed by atoms with Crippen LogP contribution in [0.2, 0.25) is 0 Å². The molecule has 0 aromatic heterocycles. The van der Waals surface area contributed by atoms with Crippen molar-refractivity contribution < 1.29 is 42.1 Å². The minimum Gasteiger partial charge on any atom is -0.462 e. The molecule has 10 heteroatoms. The highest BCUT2D eigenvalue weighted by atomic mass is 31.2. The van der Waals surface area contributed by atoms with Gasteiger partial charge in [-0.15, -0.1) is 0 Å². The topological polar surface area (TPSA) is 108 Å². The quantitative estimate of drug-likeness (QED) is 0.0211. The zero-order chi connectivity index (χ0) is 72.5. The lowest BCUT2D eigenvalue weighted by Gasteiger charge is -2.24. The van der Waals surface area contributed by atoms with Gasteiger partial charge in [0.1, 0.15) is 19.8 Å². The number of allylic oxidation sites excluding steroid dienone is 16. The van der Waals surface area contributed by atoms with E-state index in [-0.39, 0.29) is 25.6 Å². The van der Waals surface area contributed by atoms with Crippen molar-refractivity contribution in [3.8, 4) is 0 Å². The summed E-state index contributed by atoms with van der Waals surface area (Å²) in [6.07, 6.45) is 113. The van der Waals surface area contributed by atoms with Gasteiger partial charge in [-0.05, 0) is 96.3 Å². The number of hydrogen-bond donors (Lipinski definition) is 1. The van der Waals surface area contributed by atoms with Crippen molar-refractivity contribution in [2.75, 3.05) is 47.5 Å². The largest absolute Gasteiger partial charge is 0.472 e. The predicted molar refractivity (Wildman–Crippen MR) is 436 cm³/mol. The summed E-state index contributed by atoms with van der Waals surface area (Å²) in [5.74, 6) is -0.776. The highest BCUT2D eigenvalue weighted by molar-refractivity contribution is 7.47. The van der Waals surface area contributed by atoms with Gasteiger partial charge in [0.05, 0.1) is 27.7 Å². The first-order valence-electron chi connectivity index (χ1n) is 43.0. The molecule has 0 rings (SSSR count). The van der Waals surface area contributed by atoms with Crippen LogP contribution < -0.4 is 0 Å². The van der Waals surface area contributed by atoms with E-state index in [0.717, 1.165) is 77.0 Å². The third kappa shape index (κ3) is 83.9. The van der Waals surface area contributed by atoms with Crippen LogP contribution >= 0.6 is 7.82 Å². The smallest absolute Gasteiger partial charge is 0.462 e. The Morgan fingerprint density at radius 1 is 0.320 bits per heavy atom. The second-order valence-electron chi connectivity index (χ2n) is 30.2. The molecule has 0 aliphatic carbocycles. The molecule has 0 fully saturated rings. The number of phosphoric ester groups is 1. The number of phosphoric acid groups is 1. The van der Waals surface area contributed by atoms with Crippen molar-refractivity contribution in [1.29, 1.82) is 0 Å². The van der Waals surface area contributed by atoms with Gasteiger partial charge in [-0.25, -0.2) is 4.57 Å². The van der Waals surface area contributed by atoms with E-state index in [0.29, 0.717) is 23.9 Å². The Kier molecular flexibility index (Phi) is 77.6. The summed E-state index contributed by atoms with van der Waals surface area (Å²) in [6, 6.07) is 0. The summed E-state index contributed by atoms with van der Waals surface area (Å²) in [6.45, 7) is 4.37. The molecule has 100 heavy (non-hydrogen) atoms. The summed E-state index contributed by atoms with van der Waals surface area (Å²) >= 11 is 0. The van der Waals surface area contributed by atoms with Crippen molar-refractivity contribution in [2.24, 2.45) is 0 Å². The normalized spacial score (nSPS) is 13.5. The molecule has 0 radical (unpaired) electrons. The number of ether oxygens (including phenoxy) is 2. The molecule has 2 unspecified atom stereocenters. The maximum atomic E-state index is 12.9. The molecular formula is C90H165NO8P+. The molecule has 0 amide bonds. The summed E-state index contributed by atoms with van der Waals surface area (Å²) in [7, 11) is 1.49. The van der Waals surface area contributed by atoms with E-state index in [9.17, 15) is 19.0 Å². The standard InChI is InChI=1S/C90H164NO8P/c1-6-8-10-12-14-16-18-20-22-24-26-28-30-32-34-36-38-40-42-44-45-47-48-50-52-54-56-58-60-62-64-66-68-70-72-74-76-78-80-82-89(92)96-86-88(87-98-100(94,95)97-85-84-91(3,4)5)99-90(93)83-81-79-77-75-73-71-69-67-65-63-61-59-57-55-53-51-49-46-43-41-39-37-35-33-31-29-27-25-23-21-19-17-15-13-11-9-7-2/h9,11,15,17-18,20-21,23-24,26-27,29-30,32-33,35,88H,6-8,10,12-14,16,19,22,25,28,31,34,36-87H2,1-5H3/p+1/b11-9-,17-15-,20-18-,23-21-,26-24-,29-27-,32-30-,35-33-. The van der Waals surface area contributed by atoms with Crippen LogP contribution in [0.5, 0.6) is 0 Å². The fourth-order valence-electron chi connectivity index (χ4n) is 12.6. The summed E-state index contributed by atoms with van der Waals surface area (Å²) in [5, 5.41) is 0. The molecule has 0 spiro atoms. The number of hydrogen-bond acceptors (Lipinski definition) is 7. The number of nitrogens with zero attached hydrogens (tertiary/aromatic N) is 1. The number of likely N-dealkylation sites (N-methyl/N-ethyl adjacent to an activating group) is 1. The van der Waals surface area contributed by atoms with Gasteiger partial charge in [0.15, 0.2) is 6.10 Å². The lowest BCUT2D eigenvalue weighted by atomic mass is 10.0. The molecule has 0 heterocycles. The van der Waals surface area contributed by atoms with Gasteiger partial charge >= 0.3 is 19.8 Å². The highest BCUT2D eigenvalue weighted by Gasteiger charge is 2.27. The van der Waals surface area contributed by atoms with E-state index in [4.69, 9.17) is 18.5 Å². The summed E-state index contributed by atoms with van der Waals surface area (Å²) in [4.78, 5) is 36.0. The average molecular weight is 1420 g/mol. The van der Waals surface area contributed by atoms with Crippen LogP contribution in [-0.4, -0.2) is 74.9 Å². The number of unbranched alkanes of at least 4 members (excludes halogenated alkanes) is 50. The van der Waals surface area contributed by atoms with Gasteiger partial charge in [0, 0.05) is 12.8 Å². The molecule has 9 nitrogen and oxygen atoms in total. The van der Waals surface area contributed by atoms with E-state index < -0.39 is 26.5 Å². The monoisotopic (exact) mass is 1420 g/mol. The van der Waals surface area contributed by atoms with Crippen molar-refractivity contribution in [2.45, 2.75) is 418 Å². The fourth-order valence-corrected chi connectivity index (χ4v) is 13.3. The Morgan fingerprint density at radius 3 is 0.850 bits per heavy atom. The first kappa shape index (κ1) is 96.9. The van der Waals surface area contributed by atoms with E-state index in [2.05, 4.69) is 111 Å². The van der Waals surface area contributed by atoms with Crippen molar-refractivity contribution in [1.82, 2.24) is 0 Å². The van der Waals surface area contributed by atoms with Gasteiger partial charge in [-0.2, -0.15) is 0 Å². The van der Waals surface area contributed by atoms with Gasteiger partial charge in [0.2, 0.25) is 0 Å². The molecule has 1 N–H and O–H groups in total. The van der Waals surface area contributed by atoms with E-state index in [1.807, 2.05) is 21.1 Å². The Morgan fingerprint density at radius 2 is 0.570 bits per heavy atom. The van der Waals surface area contributed by atoms with E-state index in [1.165, 1.54) is 302 Å².